The normalized spacial score (nSPS) is 25.9. The maximum atomic E-state index is 5.36. The van der Waals surface area contributed by atoms with Gasteiger partial charge < -0.3 is 4.90 Å². The summed E-state index contributed by atoms with van der Waals surface area (Å²) in [5, 5.41) is 0. The highest BCUT2D eigenvalue weighted by Gasteiger charge is 2.22. The van der Waals surface area contributed by atoms with Crippen LogP contribution in [0.1, 0.15) is 32.6 Å². The van der Waals surface area contributed by atoms with Crippen LogP contribution in [-0.4, -0.2) is 49.1 Å². The molecule has 2 rings (SSSR count). The first-order chi connectivity index (χ1) is 8.28. The third kappa shape index (κ3) is 4.01. The number of piperidine rings is 2. The highest BCUT2D eigenvalue weighted by atomic mass is 15.1. The van der Waals surface area contributed by atoms with E-state index in [1.165, 1.54) is 58.4 Å². The molecular weight excluding hydrogens is 208 g/mol. The summed E-state index contributed by atoms with van der Waals surface area (Å²) >= 11 is 0. The van der Waals surface area contributed by atoms with E-state index in [2.05, 4.69) is 22.6 Å². The van der Waals surface area contributed by atoms with Crippen LogP contribution in [-0.2, 0) is 0 Å². The van der Waals surface area contributed by atoms with Gasteiger partial charge in [-0.05, 0) is 63.7 Å². The molecule has 2 saturated heterocycles. The maximum Gasteiger partial charge on any atom is 0.0598 e. The van der Waals surface area contributed by atoms with E-state index in [0.717, 1.165) is 18.4 Å². The summed E-state index contributed by atoms with van der Waals surface area (Å²) in [5.41, 5.74) is 0. The number of terminal acetylenes is 1. The molecular formula is C15H26N2. The molecule has 0 aromatic rings. The number of likely N-dealkylation sites (tertiary alicyclic amines) is 2. The van der Waals surface area contributed by atoms with E-state index < -0.39 is 0 Å². The Hall–Kier alpha value is -0.520. The molecule has 2 nitrogen and oxygen atoms in total. The standard InChI is InChI=1S/C15H26N2/c1-3-8-16-11-6-15(7-12-16)13-17-9-4-14(2)5-10-17/h1,14-15H,4-13H2,2H3. The second kappa shape index (κ2) is 6.42. The van der Waals surface area contributed by atoms with Crippen LogP contribution in [0.15, 0.2) is 0 Å². The lowest BCUT2D eigenvalue weighted by atomic mass is 9.93. The monoisotopic (exact) mass is 234 g/mol. The number of hydrogen-bond donors (Lipinski definition) is 0. The number of nitrogens with zero attached hydrogens (tertiary/aromatic N) is 2. The zero-order chi connectivity index (χ0) is 12.1. The van der Waals surface area contributed by atoms with Crippen molar-refractivity contribution in [3.63, 3.8) is 0 Å². The van der Waals surface area contributed by atoms with E-state index in [1.807, 2.05) is 0 Å². The molecule has 0 N–H and O–H groups in total. The van der Waals surface area contributed by atoms with E-state index in [9.17, 15) is 0 Å². The molecule has 0 atom stereocenters. The molecule has 0 spiro atoms. The minimum Gasteiger partial charge on any atom is -0.303 e. The van der Waals surface area contributed by atoms with E-state index in [-0.39, 0.29) is 0 Å². The van der Waals surface area contributed by atoms with Gasteiger partial charge in [-0.25, -0.2) is 0 Å². The molecule has 0 aromatic heterocycles. The van der Waals surface area contributed by atoms with Gasteiger partial charge in [-0.15, -0.1) is 6.42 Å². The fourth-order valence-electron chi connectivity index (χ4n) is 3.07. The number of hydrogen-bond acceptors (Lipinski definition) is 2. The fourth-order valence-corrected chi connectivity index (χ4v) is 3.07. The summed E-state index contributed by atoms with van der Waals surface area (Å²) in [6, 6.07) is 0. The Morgan fingerprint density at radius 2 is 1.59 bits per heavy atom. The molecule has 2 heteroatoms. The Labute approximate surface area is 106 Å². The highest BCUT2D eigenvalue weighted by Crippen LogP contribution is 2.22. The molecule has 96 valence electrons. The van der Waals surface area contributed by atoms with Crippen molar-refractivity contribution >= 4 is 0 Å². The fraction of sp³-hybridized carbons (Fsp3) is 0.867. The van der Waals surface area contributed by atoms with Gasteiger partial charge in [-0.2, -0.15) is 0 Å². The first kappa shape index (κ1) is 12.9. The summed E-state index contributed by atoms with van der Waals surface area (Å²) < 4.78 is 0. The Balaban J connectivity index is 1.66. The molecule has 0 unspecified atom stereocenters. The van der Waals surface area contributed by atoms with E-state index >= 15 is 0 Å². The average Bonchev–Trinajstić information content (AvgIpc) is 2.35. The smallest absolute Gasteiger partial charge is 0.0598 e. The van der Waals surface area contributed by atoms with Crippen LogP contribution in [0.25, 0.3) is 0 Å². The molecule has 2 aliphatic rings. The second-order valence-electron chi connectivity index (χ2n) is 5.91. The maximum absolute atomic E-state index is 5.36. The molecule has 17 heavy (non-hydrogen) atoms. The lowest BCUT2D eigenvalue weighted by molar-refractivity contribution is 0.126. The van der Waals surface area contributed by atoms with Crippen molar-refractivity contribution in [2.24, 2.45) is 11.8 Å². The molecule has 2 fully saturated rings. The van der Waals surface area contributed by atoms with Crippen molar-refractivity contribution in [2.45, 2.75) is 32.6 Å². The zero-order valence-corrected chi connectivity index (χ0v) is 11.2. The number of rotatable bonds is 3. The molecule has 0 radical (unpaired) electrons. The van der Waals surface area contributed by atoms with Crippen molar-refractivity contribution in [2.75, 3.05) is 39.3 Å². The van der Waals surface area contributed by atoms with Crippen molar-refractivity contribution in [1.29, 1.82) is 0 Å². The van der Waals surface area contributed by atoms with Gasteiger partial charge in [0.25, 0.3) is 0 Å². The highest BCUT2D eigenvalue weighted by molar-refractivity contribution is 4.90. The van der Waals surface area contributed by atoms with Crippen LogP contribution < -0.4 is 0 Å². The van der Waals surface area contributed by atoms with Crippen LogP contribution in [0.2, 0.25) is 0 Å². The van der Waals surface area contributed by atoms with Gasteiger partial charge >= 0.3 is 0 Å². The first-order valence-corrected chi connectivity index (χ1v) is 7.16. The summed E-state index contributed by atoms with van der Waals surface area (Å²) in [6.07, 6.45) is 10.8. The van der Waals surface area contributed by atoms with Crippen LogP contribution in [0.4, 0.5) is 0 Å². The Bertz CT molecular complexity index is 253. The van der Waals surface area contributed by atoms with E-state index in [0.29, 0.717) is 0 Å². The minimum atomic E-state index is 0.841. The molecule has 0 saturated carbocycles. The largest absolute Gasteiger partial charge is 0.303 e. The van der Waals surface area contributed by atoms with Gasteiger partial charge in [0.05, 0.1) is 6.54 Å². The summed E-state index contributed by atoms with van der Waals surface area (Å²) in [5.74, 6) is 4.62. The topological polar surface area (TPSA) is 6.48 Å². The van der Waals surface area contributed by atoms with E-state index in [1.54, 1.807) is 0 Å². The minimum absolute atomic E-state index is 0.841. The molecule has 0 aromatic carbocycles. The Morgan fingerprint density at radius 1 is 1.00 bits per heavy atom. The van der Waals surface area contributed by atoms with Gasteiger partial charge in [0, 0.05) is 6.54 Å². The second-order valence-corrected chi connectivity index (χ2v) is 5.91. The zero-order valence-electron chi connectivity index (χ0n) is 11.2. The summed E-state index contributed by atoms with van der Waals surface area (Å²) in [4.78, 5) is 5.09. The lowest BCUT2D eigenvalue weighted by Crippen LogP contribution is -2.41. The van der Waals surface area contributed by atoms with Gasteiger partial charge in [0.2, 0.25) is 0 Å². The van der Waals surface area contributed by atoms with Crippen LogP contribution in [0, 0.1) is 24.2 Å². The third-order valence-electron chi connectivity index (χ3n) is 4.41. The molecule has 0 aliphatic carbocycles. The van der Waals surface area contributed by atoms with Crippen molar-refractivity contribution in [3.8, 4) is 12.3 Å². The summed E-state index contributed by atoms with van der Waals surface area (Å²) in [7, 11) is 0. The SMILES string of the molecule is C#CCN1CCC(CN2CCC(C)CC2)CC1. The molecule has 2 heterocycles. The van der Waals surface area contributed by atoms with E-state index in [4.69, 9.17) is 6.42 Å². The quantitative estimate of drug-likeness (QED) is 0.690. The average molecular weight is 234 g/mol. The molecule has 2 aliphatic heterocycles. The van der Waals surface area contributed by atoms with Crippen molar-refractivity contribution in [1.82, 2.24) is 9.80 Å². The lowest BCUT2D eigenvalue weighted by Gasteiger charge is -2.36. The first-order valence-electron chi connectivity index (χ1n) is 7.16. The van der Waals surface area contributed by atoms with Crippen LogP contribution in [0.5, 0.6) is 0 Å². The predicted molar refractivity (Wildman–Crippen MR) is 72.8 cm³/mol. The van der Waals surface area contributed by atoms with Gasteiger partial charge in [-0.3, -0.25) is 4.90 Å². The van der Waals surface area contributed by atoms with Crippen molar-refractivity contribution < 1.29 is 0 Å². The molecule has 0 amide bonds. The Kier molecular flexibility index (Phi) is 4.88. The van der Waals surface area contributed by atoms with Gasteiger partial charge in [0.1, 0.15) is 0 Å². The van der Waals surface area contributed by atoms with Crippen LogP contribution >= 0.6 is 0 Å². The van der Waals surface area contributed by atoms with Gasteiger partial charge in [0.15, 0.2) is 0 Å². The third-order valence-corrected chi connectivity index (χ3v) is 4.41. The predicted octanol–water partition coefficient (Wildman–Crippen LogP) is 2.06. The molecule has 0 bridgehead atoms. The summed E-state index contributed by atoms with van der Waals surface area (Å²) in [6.45, 7) is 9.62. The van der Waals surface area contributed by atoms with Crippen molar-refractivity contribution in [3.05, 3.63) is 0 Å². The Morgan fingerprint density at radius 3 is 2.18 bits per heavy atom. The van der Waals surface area contributed by atoms with Gasteiger partial charge in [-0.1, -0.05) is 12.8 Å². The van der Waals surface area contributed by atoms with Crippen LogP contribution in [0.3, 0.4) is 0 Å².